The second-order valence-corrected chi connectivity index (χ2v) is 5.87. The summed E-state index contributed by atoms with van der Waals surface area (Å²) in [6, 6.07) is 0. The maximum absolute atomic E-state index is 11.8. The lowest BCUT2D eigenvalue weighted by Gasteiger charge is -2.12. The Morgan fingerprint density at radius 1 is 0.952 bits per heavy atom. The smallest absolute Gasteiger partial charge is 0.247 e. The van der Waals surface area contributed by atoms with E-state index in [0.29, 0.717) is 6.42 Å². The zero-order valence-electron chi connectivity index (χ0n) is 13.6. The lowest BCUT2D eigenvalue weighted by molar-refractivity contribution is -0.127. The molecule has 3 nitrogen and oxygen atoms in total. The third kappa shape index (κ3) is 9.43. The standard InChI is InChI=1S/C18H31NO2/c1-2-3-4-5-6-7-8-9-10-11-12-14-17(20)18-19-15-13-16-21-18/h13,15-16,18H,2-12,14H2,1H3. The van der Waals surface area contributed by atoms with Crippen LogP contribution in [0.25, 0.3) is 0 Å². The Morgan fingerprint density at radius 3 is 2.05 bits per heavy atom. The lowest BCUT2D eigenvalue weighted by atomic mass is 10.0. The van der Waals surface area contributed by atoms with Gasteiger partial charge in [-0.05, 0) is 12.5 Å². The fraction of sp³-hybridized carbons (Fsp3) is 0.778. The molecule has 120 valence electrons. The van der Waals surface area contributed by atoms with Crippen LogP contribution in [0.3, 0.4) is 0 Å². The van der Waals surface area contributed by atoms with Crippen molar-refractivity contribution >= 4 is 12.0 Å². The predicted molar refractivity (Wildman–Crippen MR) is 88.6 cm³/mol. The fourth-order valence-corrected chi connectivity index (χ4v) is 2.56. The summed E-state index contributed by atoms with van der Waals surface area (Å²) in [5.74, 6) is 0.103. The van der Waals surface area contributed by atoms with E-state index >= 15 is 0 Å². The summed E-state index contributed by atoms with van der Waals surface area (Å²) >= 11 is 0. The number of ether oxygens (including phenoxy) is 1. The maximum Gasteiger partial charge on any atom is 0.247 e. The molecule has 0 aliphatic carbocycles. The Balaban J connectivity index is 1.83. The van der Waals surface area contributed by atoms with Crippen LogP contribution in [0, 0.1) is 0 Å². The van der Waals surface area contributed by atoms with Crippen molar-refractivity contribution in [3.63, 3.8) is 0 Å². The van der Waals surface area contributed by atoms with Gasteiger partial charge >= 0.3 is 0 Å². The molecular weight excluding hydrogens is 262 g/mol. The molecule has 0 bridgehead atoms. The van der Waals surface area contributed by atoms with Crippen molar-refractivity contribution in [2.45, 2.75) is 90.2 Å². The molecular formula is C18H31NO2. The molecule has 0 amide bonds. The van der Waals surface area contributed by atoms with Crippen LogP contribution in [0.15, 0.2) is 17.3 Å². The van der Waals surface area contributed by atoms with Crippen LogP contribution in [0.2, 0.25) is 0 Å². The number of ketones is 1. The number of allylic oxidation sites excluding steroid dienone is 1. The van der Waals surface area contributed by atoms with Gasteiger partial charge in [0.1, 0.15) is 0 Å². The van der Waals surface area contributed by atoms with Gasteiger partial charge in [-0.1, -0.05) is 71.1 Å². The molecule has 1 aliphatic heterocycles. The number of rotatable bonds is 13. The Morgan fingerprint density at radius 2 is 1.52 bits per heavy atom. The van der Waals surface area contributed by atoms with E-state index in [1.807, 2.05) is 0 Å². The number of carbonyl (C=O) groups excluding carboxylic acids is 1. The van der Waals surface area contributed by atoms with Gasteiger partial charge in [-0.25, -0.2) is 4.99 Å². The molecule has 0 saturated carbocycles. The molecule has 0 radical (unpaired) electrons. The highest BCUT2D eigenvalue weighted by Crippen LogP contribution is 2.13. The van der Waals surface area contributed by atoms with Gasteiger partial charge < -0.3 is 4.74 Å². The van der Waals surface area contributed by atoms with Gasteiger partial charge in [0.2, 0.25) is 6.23 Å². The third-order valence-electron chi connectivity index (χ3n) is 3.90. The normalized spacial score (nSPS) is 16.9. The number of nitrogens with zero attached hydrogens (tertiary/aromatic N) is 1. The predicted octanol–water partition coefficient (Wildman–Crippen LogP) is 5.20. The molecule has 1 rings (SSSR count). The lowest BCUT2D eigenvalue weighted by Crippen LogP contribution is -2.21. The van der Waals surface area contributed by atoms with E-state index < -0.39 is 6.23 Å². The minimum atomic E-state index is -0.585. The minimum Gasteiger partial charge on any atom is -0.469 e. The van der Waals surface area contributed by atoms with Crippen molar-refractivity contribution in [2.75, 3.05) is 0 Å². The molecule has 0 spiro atoms. The van der Waals surface area contributed by atoms with Gasteiger partial charge in [0.25, 0.3) is 0 Å². The monoisotopic (exact) mass is 293 g/mol. The van der Waals surface area contributed by atoms with Gasteiger partial charge in [0.15, 0.2) is 5.78 Å². The second-order valence-electron chi connectivity index (χ2n) is 5.87. The van der Waals surface area contributed by atoms with Crippen molar-refractivity contribution < 1.29 is 9.53 Å². The quantitative estimate of drug-likeness (QED) is 0.438. The number of Topliss-reactive ketones (excluding diaryl/α,β-unsaturated/α-hetero) is 1. The van der Waals surface area contributed by atoms with Crippen molar-refractivity contribution in [1.82, 2.24) is 0 Å². The molecule has 0 fully saturated rings. The van der Waals surface area contributed by atoms with Crippen LogP contribution >= 0.6 is 0 Å². The largest absolute Gasteiger partial charge is 0.469 e. The van der Waals surface area contributed by atoms with Crippen molar-refractivity contribution in [2.24, 2.45) is 4.99 Å². The van der Waals surface area contributed by atoms with Gasteiger partial charge in [0.05, 0.1) is 6.26 Å². The van der Waals surface area contributed by atoms with E-state index in [2.05, 4.69) is 11.9 Å². The molecule has 0 saturated heterocycles. The molecule has 0 aromatic carbocycles. The number of hydrogen-bond acceptors (Lipinski definition) is 3. The highest BCUT2D eigenvalue weighted by molar-refractivity contribution is 5.86. The first-order valence-electron chi connectivity index (χ1n) is 8.71. The second kappa shape index (κ2) is 12.6. The molecule has 1 unspecified atom stereocenters. The van der Waals surface area contributed by atoms with E-state index in [9.17, 15) is 4.79 Å². The Hall–Kier alpha value is -1.12. The van der Waals surface area contributed by atoms with Crippen LogP contribution in [-0.2, 0) is 9.53 Å². The summed E-state index contributed by atoms with van der Waals surface area (Å²) in [7, 11) is 0. The number of aliphatic imine (C=N–C) groups is 1. The third-order valence-corrected chi connectivity index (χ3v) is 3.90. The van der Waals surface area contributed by atoms with Crippen molar-refractivity contribution in [3.8, 4) is 0 Å². The summed E-state index contributed by atoms with van der Waals surface area (Å²) in [5.41, 5.74) is 0. The van der Waals surface area contributed by atoms with Gasteiger partial charge in [-0.15, -0.1) is 0 Å². The molecule has 0 aromatic rings. The average molecular weight is 293 g/mol. The summed E-state index contributed by atoms with van der Waals surface area (Å²) in [5, 5.41) is 0. The molecule has 3 heteroatoms. The first kappa shape index (κ1) is 17.9. The number of hydrogen-bond donors (Lipinski definition) is 0. The van der Waals surface area contributed by atoms with Gasteiger partial charge in [0, 0.05) is 12.6 Å². The van der Waals surface area contributed by atoms with E-state index in [-0.39, 0.29) is 5.78 Å². The van der Waals surface area contributed by atoms with Crippen molar-refractivity contribution in [3.05, 3.63) is 12.3 Å². The molecule has 1 heterocycles. The summed E-state index contributed by atoms with van der Waals surface area (Å²) < 4.78 is 5.16. The molecule has 1 atom stereocenters. The van der Waals surface area contributed by atoms with Crippen LogP contribution in [0.1, 0.15) is 84.0 Å². The number of carbonyl (C=O) groups is 1. The summed E-state index contributed by atoms with van der Waals surface area (Å²) in [4.78, 5) is 15.8. The Labute approximate surface area is 129 Å². The zero-order chi connectivity index (χ0) is 15.2. The van der Waals surface area contributed by atoms with E-state index in [0.717, 1.165) is 12.8 Å². The van der Waals surface area contributed by atoms with E-state index in [4.69, 9.17) is 4.74 Å². The minimum absolute atomic E-state index is 0.103. The Bertz CT molecular complexity index is 323. The first-order valence-corrected chi connectivity index (χ1v) is 8.71. The number of unbranched alkanes of at least 4 members (excludes halogenated alkanes) is 10. The average Bonchev–Trinajstić information content (AvgIpc) is 2.53. The van der Waals surface area contributed by atoms with E-state index in [1.165, 1.54) is 64.0 Å². The summed E-state index contributed by atoms with van der Waals surface area (Å²) in [6.45, 7) is 2.26. The van der Waals surface area contributed by atoms with Crippen LogP contribution in [0.4, 0.5) is 0 Å². The van der Waals surface area contributed by atoms with Crippen molar-refractivity contribution in [1.29, 1.82) is 0 Å². The molecule has 0 aromatic heterocycles. The zero-order valence-corrected chi connectivity index (χ0v) is 13.6. The SMILES string of the molecule is CCCCCCCCCCCCCC(=O)C1N=CC=CO1. The van der Waals surface area contributed by atoms with Crippen LogP contribution in [0.5, 0.6) is 0 Å². The van der Waals surface area contributed by atoms with Gasteiger partial charge in [-0.2, -0.15) is 0 Å². The highest BCUT2D eigenvalue weighted by atomic mass is 16.5. The maximum atomic E-state index is 11.8. The van der Waals surface area contributed by atoms with Crippen LogP contribution in [-0.4, -0.2) is 18.2 Å². The highest BCUT2D eigenvalue weighted by Gasteiger charge is 2.17. The molecule has 1 aliphatic rings. The molecule has 21 heavy (non-hydrogen) atoms. The summed E-state index contributed by atoms with van der Waals surface area (Å²) in [6.07, 6.45) is 19.2. The first-order chi connectivity index (χ1) is 10.3. The fourth-order valence-electron chi connectivity index (χ4n) is 2.56. The van der Waals surface area contributed by atoms with Gasteiger partial charge in [-0.3, -0.25) is 4.79 Å². The molecule has 0 N–H and O–H groups in total. The topological polar surface area (TPSA) is 38.7 Å². The van der Waals surface area contributed by atoms with Crippen LogP contribution < -0.4 is 0 Å². The van der Waals surface area contributed by atoms with E-state index in [1.54, 1.807) is 12.3 Å². The Kier molecular flexibility index (Phi) is 10.8.